The van der Waals surface area contributed by atoms with Crippen molar-refractivity contribution in [1.29, 1.82) is 0 Å². The summed E-state index contributed by atoms with van der Waals surface area (Å²) in [5, 5.41) is 7.37. The Balaban J connectivity index is 1.44. The van der Waals surface area contributed by atoms with Crippen molar-refractivity contribution in [2.45, 2.75) is 70.6 Å². The number of amides is 1. The SMILES string of the molecule is C[C@H](NC(=O)[C@@H]1CCc2nc(C(C)(C)C(F)(F)F)ccc2C1)c1cnn2c1OCCC2. The predicted octanol–water partition coefficient (Wildman–Crippen LogP) is 3.88. The van der Waals surface area contributed by atoms with E-state index in [0.29, 0.717) is 37.4 Å². The number of carbonyl (C=O) groups excluding carboxylic acids is 1. The van der Waals surface area contributed by atoms with Crippen LogP contribution in [0.15, 0.2) is 18.3 Å². The second-order valence-electron chi connectivity index (χ2n) is 8.93. The molecule has 0 saturated heterocycles. The number of aryl methyl sites for hydroxylation is 2. The zero-order chi connectivity index (χ0) is 22.4. The molecular weight excluding hydrogens is 409 g/mol. The smallest absolute Gasteiger partial charge is 0.399 e. The molecule has 0 aromatic carbocycles. The fraction of sp³-hybridized carbons (Fsp3) is 0.591. The van der Waals surface area contributed by atoms with Crippen LogP contribution < -0.4 is 10.1 Å². The summed E-state index contributed by atoms with van der Waals surface area (Å²) in [5.41, 5.74) is 0.350. The lowest BCUT2D eigenvalue weighted by Crippen LogP contribution is -2.38. The normalized spacial score (nSPS) is 19.7. The standard InChI is InChI=1S/C22H27F3N4O2/c1-13(16-12-26-29-9-4-10-31-20(16)29)27-19(30)15-5-7-17-14(11-15)6-8-18(28-17)21(2,3)22(23,24)25/h6,8,12-13,15H,4-5,7,9-11H2,1-3H3,(H,27,30)/t13-,15+/m0/s1. The molecule has 0 bridgehead atoms. The number of hydrogen-bond acceptors (Lipinski definition) is 4. The molecule has 1 aliphatic heterocycles. The van der Waals surface area contributed by atoms with E-state index in [0.717, 1.165) is 37.9 Å². The first kappa shape index (κ1) is 21.6. The number of pyridine rings is 1. The van der Waals surface area contributed by atoms with Crippen LogP contribution >= 0.6 is 0 Å². The molecule has 0 radical (unpaired) electrons. The van der Waals surface area contributed by atoms with Gasteiger partial charge in [-0.25, -0.2) is 4.68 Å². The van der Waals surface area contributed by atoms with Gasteiger partial charge in [-0.15, -0.1) is 0 Å². The molecule has 31 heavy (non-hydrogen) atoms. The number of hydrogen-bond donors (Lipinski definition) is 1. The summed E-state index contributed by atoms with van der Waals surface area (Å²) in [7, 11) is 0. The Morgan fingerprint density at radius 3 is 2.84 bits per heavy atom. The van der Waals surface area contributed by atoms with E-state index < -0.39 is 11.6 Å². The van der Waals surface area contributed by atoms with Gasteiger partial charge in [0.25, 0.3) is 0 Å². The van der Waals surface area contributed by atoms with Gasteiger partial charge in [0.2, 0.25) is 11.8 Å². The quantitative estimate of drug-likeness (QED) is 0.790. The van der Waals surface area contributed by atoms with Crippen LogP contribution in [0.5, 0.6) is 5.88 Å². The zero-order valence-electron chi connectivity index (χ0n) is 17.9. The number of ether oxygens (including phenoxy) is 1. The Hall–Kier alpha value is -2.58. The summed E-state index contributed by atoms with van der Waals surface area (Å²) in [6, 6.07) is 2.88. The Morgan fingerprint density at radius 2 is 2.10 bits per heavy atom. The van der Waals surface area contributed by atoms with Crippen molar-refractivity contribution in [3.05, 3.63) is 40.8 Å². The fourth-order valence-electron chi connectivity index (χ4n) is 4.12. The second-order valence-corrected chi connectivity index (χ2v) is 8.93. The Labute approximate surface area is 179 Å². The van der Waals surface area contributed by atoms with Crippen molar-refractivity contribution in [3.63, 3.8) is 0 Å². The molecule has 0 fully saturated rings. The maximum Gasteiger partial charge on any atom is 0.399 e. The highest BCUT2D eigenvalue weighted by Crippen LogP contribution is 2.40. The summed E-state index contributed by atoms with van der Waals surface area (Å²) >= 11 is 0. The molecule has 168 valence electrons. The average molecular weight is 436 g/mol. The van der Waals surface area contributed by atoms with Crippen LogP contribution in [-0.4, -0.2) is 33.5 Å². The van der Waals surface area contributed by atoms with Crippen LogP contribution in [0, 0.1) is 5.92 Å². The third kappa shape index (κ3) is 4.02. The minimum atomic E-state index is -4.38. The highest BCUT2D eigenvalue weighted by molar-refractivity contribution is 5.79. The van der Waals surface area contributed by atoms with Crippen LogP contribution in [0.2, 0.25) is 0 Å². The van der Waals surface area contributed by atoms with Gasteiger partial charge >= 0.3 is 6.18 Å². The molecule has 1 N–H and O–H groups in total. The highest BCUT2D eigenvalue weighted by Gasteiger charge is 2.49. The largest absolute Gasteiger partial charge is 0.478 e. The average Bonchev–Trinajstić information content (AvgIpc) is 3.16. The zero-order valence-corrected chi connectivity index (χ0v) is 17.9. The number of nitrogens with zero attached hydrogens (tertiary/aromatic N) is 3. The van der Waals surface area contributed by atoms with E-state index in [1.165, 1.54) is 6.07 Å². The molecule has 9 heteroatoms. The third-order valence-electron chi connectivity index (χ3n) is 6.38. The Morgan fingerprint density at radius 1 is 1.32 bits per heavy atom. The third-order valence-corrected chi connectivity index (χ3v) is 6.38. The summed E-state index contributed by atoms with van der Waals surface area (Å²) < 4.78 is 47.6. The van der Waals surface area contributed by atoms with E-state index in [1.54, 1.807) is 12.3 Å². The second kappa shape index (κ2) is 7.84. The van der Waals surface area contributed by atoms with Crippen LogP contribution in [0.1, 0.15) is 62.2 Å². The molecule has 2 atom stereocenters. The van der Waals surface area contributed by atoms with Crippen molar-refractivity contribution in [3.8, 4) is 5.88 Å². The highest BCUT2D eigenvalue weighted by atomic mass is 19.4. The number of nitrogens with one attached hydrogen (secondary N) is 1. The molecule has 0 saturated carbocycles. The lowest BCUT2D eigenvalue weighted by molar-refractivity contribution is -0.181. The molecule has 2 aromatic rings. The van der Waals surface area contributed by atoms with Gasteiger partial charge in [0.15, 0.2) is 0 Å². The van der Waals surface area contributed by atoms with Gasteiger partial charge in [-0.1, -0.05) is 6.07 Å². The van der Waals surface area contributed by atoms with Crippen LogP contribution in [0.3, 0.4) is 0 Å². The summed E-state index contributed by atoms with van der Waals surface area (Å²) in [5.74, 6) is 0.385. The van der Waals surface area contributed by atoms with E-state index in [2.05, 4.69) is 15.4 Å². The maximum atomic E-state index is 13.4. The molecule has 0 unspecified atom stereocenters. The Kier molecular flexibility index (Phi) is 5.47. The van der Waals surface area contributed by atoms with Crippen molar-refractivity contribution in [1.82, 2.24) is 20.1 Å². The summed E-state index contributed by atoms with van der Waals surface area (Å²) in [6.07, 6.45) is -0.233. The molecular formula is C22H27F3N4O2. The van der Waals surface area contributed by atoms with E-state index in [4.69, 9.17) is 4.74 Å². The van der Waals surface area contributed by atoms with Gasteiger partial charge < -0.3 is 10.1 Å². The van der Waals surface area contributed by atoms with Crippen molar-refractivity contribution >= 4 is 5.91 Å². The fourth-order valence-corrected chi connectivity index (χ4v) is 4.12. The number of rotatable bonds is 4. The van der Waals surface area contributed by atoms with Gasteiger partial charge in [0.05, 0.1) is 30.1 Å². The lowest BCUT2D eigenvalue weighted by Gasteiger charge is -2.30. The number of carbonyl (C=O) groups is 1. The molecule has 1 amide bonds. The van der Waals surface area contributed by atoms with Gasteiger partial charge in [-0.05, 0) is 51.7 Å². The van der Waals surface area contributed by atoms with Gasteiger partial charge in [-0.3, -0.25) is 9.78 Å². The first-order valence-corrected chi connectivity index (χ1v) is 10.6. The molecule has 3 heterocycles. The van der Waals surface area contributed by atoms with Crippen LogP contribution in [0.4, 0.5) is 13.2 Å². The van der Waals surface area contributed by atoms with Crippen molar-refractivity contribution in [2.75, 3.05) is 6.61 Å². The minimum Gasteiger partial charge on any atom is -0.478 e. The topological polar surface area (TPSA) is 69.0 Å². The first-order valence-electron chi connectivity index (χ1n) is 10.6. The Bertz CT molecular complexity index is 984. The number of fused-ring (bicyclic) bond motifs is 2. The molecule has 2 aromatic heterocycles. The van der Waals surface area contributed by atoms with Crippen LogP contribution in [0.25, 0.3) is 0 Å². The van der Waals surface area contributed by atoms with Gasteiger partial charge in [0.1, 0.15) is 5.41 Å². The number of alkyl halides is 3. The van der Waals surface area contributed by atoms with Gasteiger partial charge in [-0.2, -0.15) is 18.3 Å². The maximum absolute atomic E-state index is 13.4. The van der Waals surface area contributed by atoms with Crippen molar-refractivity contribution in [2.24, 2.45) is 5.92 Å². The van der Waals surface area contributed by atoms with Gasteiger partial charge in [0, 0.05) is 24.6 Å². The van der Waals surface area contributed by atoms with Crippen molar-refractivity contribution < 1.29 is 22.7 Å². The van der Waals surface area contributed by atoms with Crippen LogP contribution in [-0.2, 0) is 29.6 Å². The summed E-state index contributed by atoms with van der Waals surface area (Å²) in [6.45, 7) is 5.62. The number of halogens is 3. The minimum absolute atomic E-state index is 0.0151. The van der Waals surface area contributed by atoms with E-state index in [9.17, 15) is 18.0 Å². The molecule has 6 nitrogen and oxygen atoms in total. The van der Waals surface area contributed by atoms with E-state index >= 15 is 0 Å². The lowest BCUT2D eigenvalue weighted by atomic mass is 9.83. The molecule has 2 aliphatic rings. The van der Waals surface area contributed by atoms with E-state index in [1.807, 2.05) is 11.6 Å². The number of aromatic nitrogens is 3. The predicted molar refractivity (Wildman–Crippen MR) is 108 cm³/mol. The molecule has 1 aliphatic carbocycles. The molecule has 4 rings (SSSR count). The molecule has 0 spiro atoms. The first-order chi connectivity index (χ1) is 14.6. The summed E-state index contributed by atoms with van der Waals surface area (Å²) in [4.78, 5) is 17.2. The monoisotopic (exact) mass is 436 g/mol. The van der Waals surface area contributed by atoms with E-state index in [-0.39, 0.29) is 23.6 Å².